The number of nitrogens with one attached hydrogen (secondary N) is 1. The maximum Gasteiger partial charge on any atom is 0.227 e. The number of primary amides is 1. The second-order valence-electron chi connectivity index (χ2n) is 7.40. The number of likely N-dealkylation sites (tertiary alicyclic amines) is 1. The molecule has 3 N–H and O–H groups in total. The van der Waals surface area contributed by atoms with E-state index < -0.39 is 11.3 Å². The van der Waals surface area contributed by atoms with Crippen LogP contribution in [0.2, 0.25) is 0 Å². The molecular formula is C20H25N4O2. The van der Waals surface area contributed by atoms with Crippen molar-refractivity contribution in [2.75, 3.05) is 13.1 Å². The van der Waals surface area contributed by atoms with Gasteiger partial charge in [-0.05, 0) is 18.9 Å². The summed E-state index contributed by atoms with van der Waals surface area (Å²) >= 11 is 0. The molecular weight excluding hydrogens is 328 g/mol. The number of piperidine rings is 1. The molecule has 0 bridgehead atoms. The van der Waals surface area contributed by atoms with Crippen molar-refractivity contribution in [1.82, 2.24) is 15.1 Å². The average Bonchev–Trinajstić information content (AvgIpc) is 3.12. The Morgan fingerprint density at radius 3 is 2.50 bits per heavy atom. The smallest absolute Gasteiger partial charge is 0.227 e. The highest BCUT2D eigenvalue weighted by molar-refractivity contribution is 5.94. The Hall–Kier alpha value is -2.63. The van der Waals surface area contributed by atoms with Crippen LogP contribution in [0.3, 0.4) is 0 Å². The molecule has 1 saturated heterocycles. The van der Waals surface area contributed by atoms with Gasteiger partial charge in [-0.15, -0.1) is 0 Å². The lowest BCUT2D eigenvalue weighted by molar-refractivity contribution is -0.133. The predicted octanol–water partition coefficient (Wildman–Crippen LogP) is 2.50. The van der Waals surface area contributed by atoms with Crippen LogP contribution in [0.25, 0.3) is 11.3 Å². The molecule has 1 aromatic carbocycles. The molecule has 0 atom stereocenters. The number of carbonyl (C=O) groups is 2. The number of aromatic nitrogens is 2. The van der Waals surface area contributed by atoms with Gasteiger partial charge >= 0.3 is 0 Å². The zero-order valence-corrected chi connectivity index (χ0v) is 15.2. The summed E-state index contributed by atoms with van der Waals surface area (Å²) in [5.74, 6) is -0.262. The fraction of sp³-hybridized carbons (Fsp3) is 0.400. The van der Waals surface area contributed by atoms with Crippen molar-refractivity contribution in [3.8, 4) is 11.3 Å². The quantitative estimate of drug-likeness (QED) is 0.865. The van der Waals surface area contributed by atoms with E-state index in [0.717, 1.165) is 29.8 Å². The summed E-state index contributed by atoms with van der Waals surface area (Å²) in [7, 11) is 0. The lowest BCUT2D eigenvalue weighted by Crippen LogP contribution is -2.43. The van der Waals surface area contributed by atoms with Gasteiger partial charge in [-0.3, -0.25) is 14.7 Å². The van der Waals surface area contributed by atoms with Gasteiger partial charge < -0.3 is 10.6 Å². The van der Waals surface area contributed by atoms with E-state index in [1.807, 2.05) is 30.3 Å². The molecule has 2 aromatic rings. The summed E-state index contributed by atoms with van der Waals surface area (Å²) in [6.45, 7) is 4.65. The van der Waals surface area contributed by atoms with Crippen molar-refractivity contribution in [2.45, 2.75) is 32.6 Å². The van der Waals surface area contributed by atoms with Crippen LogP contribution >= 0.6 is 0 Å². The van der Waals surface area contributed by atoms with Crippen molar-refractivity contribution < 1.29 is 9.59 Å². The molecule has 0 spiro atoms. The topological polar surface area (TPSA) is 92.1 Å². The Morgan fingerprint density at radius 2 is 1.88 bits per heavy atom. The van der Waals surface area contributed by atoms with E-state index in [1.54, 1.807) is 18.7 Å². The molecule has 1 radical (unpaired) electrons. The number of nitrogens with two attached hydrogens (primary N) is 1. The van der Waals surface area contributed by atoms with E-state index in [1.165, 1.54) is 6.42 Å². The number of aromatic amines is 1. The van der Waals surface area contributed by atoms with Crippen LogP contribution in [0.1, 0.15) is 38.3 Å². The first-order valence-corrected chi connectivity index (χ1v) is 8.92. The molecule has 1 aliphatic heterocycles. The second kappa shape index (κ2) is 7.32. The van der Waals surface area contributed by atoms with E-state index in [4.69, 9.17) is 5.73 Å². The van der Waals surface area contributed by atoms with Crippen LogP contribution < -0.4 is 5.73 Å². The zero-order valence-electron chi connectivity index (χ0n) is 15.2. The van der Waals surface area contributed by atoms with Gasteiger partial charge in [-0.25, -0.2) is 0 Å². The molecule has 1 aromatic heterocycles. The molecule has 0 saturated carbocycles. The number of amides is 2. The van der Waals surface area contributed by atoms with Gasteiger partial charge in [0.05, 0.1) is 17.5 Å². The van der Waals surface area contributed by atoms with E-state index in [9.17, 15) is 9.59 Å². The van der Waals surface area contributed by atoms with Gasteiger partial charge in [-0.2, -0.15) is 5.10 Å². The molecule has 0 aliphatic carbocycles. The first-order valence-electron chi connectivity index (χ1n) is 8.92. The lowest BCUT2D eigenvalue weighted by Gasteiger charge is -2.33. The summed E-state index contributed by atoms with van der Waals surface area (Å²) < 4.78 is 0. The molecule has 137 valence electrons. The maximum absolute atomic E-state index is 12.4. The number of nitrogens with zero attached hydrogens (tertiary/aromatic N) is 2. The van der Waals surface area contributed by atoms with Crippen molar-refractivity contribution in [2.24, 2.45) is 11.1 Å². The van der Waals surface area contributed by atoms with E-state index in [2.05, 4.69) is 16.3 Å². The Kier molecular flexibility index (Phi) is 5.11. The molecule has 6 heteroatoms. The minimum atomic E-state index is -0.929. The number of H-pyrrole nitrogens is 1. The summed E-state index contributed by atoms with van der Waals surface area (Å²) in [6, 6.07) is 12.2. The SMILES string of the molecule is CC(C)([CH]C(=O)N1CCC(c2cc(-c3ccccc3)n[nH]2)CC1)C(N)=O. The first kappa shape index (κ1) is 18.2. The highest BCUT2D eigenvalue weighted by Gasteiger charge is 2.32. The van der Waals surface area contributed by atoms with Crippen LogP contribution in [0.15, 0.2) is 36.4 Å². The van der Waals surface area contributed by atoms with Gasteiger partial charge in [0.25, 0.3) is 0 Å². The molecule has 2 amide bonds. The number of hydrogen-bond acceptors (Lipinski definition) is 3. The van der Waals surface area contributed by atoms with Crippen molar-refractivity contribution in [1.29, 1.82) is 0 Å². The van der Waals surface area contributed by atoms with E-state index >= 15 is 0 Å². The van der Waals surface area contributed by atoms with Crippen LogP contribution in [0, 0.1) is 11.8 Å². The fourth-order valence-electron chi connectivity index (χ4n) is 3.18. The number of benzene rings is 1. The standard InChI is InChI=1S/C20H25N4O2/c1-20(2,19(21)26)13-18(25)24-10-8-15(9-11-24)17-12-16(22-23-17)14-6-4-3-5-7-14/h3-7,12-13,15H,8-11H2,1-2H3,(H2,21,26)(H,22,23). The molecule has 0 unspecified atom stereocenters. The molecule has 1 aliphatic rings. The van der Waals surface area contributed by atoms with Crippen LogP contribution in [-0.2, 0) is 9.59 Å². The van der Waals surface area contributed by atoms with Gasteiger partial charge in [0.1, 0.15) is 0 Å². The minimum Gasteiger partial charge on any atom is -0.369 e. The average molecular weight is 353 g/mol. The molecule has 26 heavy (non-hydrogen) atoms. The van der Waals surface area contributed by atoms with Gasteiger partial charge in [-0.1, -0.05) is 44.2 Å². The van der Waals surface area contributed by atoms with Crippen molar-refractivity contribution >= 4 is 11.8 Å². The van der Waals surface area contributed by atoms with Gasteiger partial charge in [0.15, 0.2) is 0 Å². The number of hydrogen-bond donors (Lipinski definition) is 2. The highest BCUT2D eigenvalue weighted by Crippen LogP contribution is 2.30. The van der Waals surface area contributed by atoms with Crippen LogP contribution in [0.5, 0.6) is 0 Å². The van der Waals surface area contributed by atoms with Gasteiger partial charge in [0, 0.05) is 30.3 Å². The van der Waals surface area contributed by atoms with Crippen molar-refractivity contribution in [3.63, 3.8) is 0 Å². The summed E-state index contributed by atoms with van der Waals surface area (Å²) in [4.78, 5) is 25.6. The third kappa shape index (κ3) is 3.95. The Labute approximate surface area is 153 Å². The molecule has 2 heterocycles. The fourth-order valence-corrected chi connectivity index (χ4v) is 3.18. The normalized spacial score (nSPS) is 15.8. The Bertz CT molecular complexity index is 774. The largest absolute Gasteiger partial charge is 0.369 e. The maximum atomic E-state index is 12.4. The summed E-state index contributed by atoms with van der Waals surface area (Å²) in [5.41, 5.74) is 7.55. The summed E-state index contributed by atoms with van der Waals surface area (Å²) in [5, 5.41) is 7.57. The third-order valence-electron chi connectivity index (χ3n) is 5.03. The Morgan fingerprint density at radius 1 is 1.23 bits per heavy atom. The third-order valence-corrected chi connectivity index (χ3v) is 5.03. The van der Waals surface area contributed by atoms with E-state index in [-0.39, 0.29) is 5.91 Å². The summed E-state index contributed by atoms with van der Waals surface area (Å²) in [6.07, 6.45) is 3.17. The second-order valence-corrected chi connectivity index (χ2v) is 7.40. The lowest BCUT2D eigenvalue weighted by atomic mass is 9.87. The van der Waals surface area contributed by atoms with Gasteiger partial charge in [0.2, 0.25) is 11.8 Å². The first-order chi connectivity index (χ1) is 12.4. The Balaban J connectivity index is 1.58. The molecule has 1 fully saturated rings. The van der Waals surface area contributed by atoms with Crippen molar-refractivity contribution in [3.05, 3.63) is 48.5 Å². The molecule has 3 rings (SSSR count). The number of carbonyl (C=O) groups excluding carboxylic acids is 2. The minimum absolute atomic E-state index is 0.123. The highest BCUT2D eigenvalue weighted by atomic mass is 16.2. The molecule has 6 nitrogen and oxygen atoms in total. The number of rotatable bonds is 5. The van der Waals surface area contributed by atoms with Crippen LogP contribution in [-0.4, -0.2) is 40.0 Å². The van der Waals surface area contributed by atoms with Crippen LogP contribution in [0.4, 0.5) is 0 Å². The zero-order chi connectivity index (χ0) is 18.7. The predicted molar refractivity (Wildman–Crippen MR) is 99.9 cm³/mol. The monoisotopic (exact) mass is 353 g/mol. The van der Waals surface area contributed by atoms with E-state index in [0.29, 0.717) is 19.0 Å².